The van der Waals surface area contributed by atoms with Gasteiger partial charge in [-0.2, -0.15) is 0 Å². The van der Waals surface area contributed by atoms with Crippen molar-refractivity contribution in [3.63, 3.8) is 0 Å². The molecule has 1 aromatic rings. The van der Waals surface area contributed by atoms with Crippen LogP contribution in [-0.2, 0) is 0 Å². The van der Waals surface area contributed by atoms with Crippen LogP contribution in [0.2, 0.25) is 0 Å². The Balaban J connectivity index is 2.16. The summed E-state index contributed by atoms with van der Waals surface area (Å²) in [5.41, 5.74) is 2.74. The Morgan fingerprint density at radius 3 is 2.21 bits per heavy atom. The van der Waals surface area contributed by atoms with E-state index in [4.69, 9.17) is 4.74 Å². The molecule has 0 aromatic heterocycles. The van der Waals surface area contributed by atoms with Crippen LogP contribution in [0.15, 0.2) is 18.2 Å². The van der Waals surface area contributed by atoms with Gasteiger partial charge in [0.25, 0.3) is 0 Å². The number of rotatable bonds is 2. The topological polar surface area (TPSA) is 21.3 Å². The zero-order valence-electron chi connectivity index (χ0n) is 13.1. The maximum Gasteiger partial charge on any atom is 0.122 e. The molecule has 0 atom stereocenters. The second-order valence-electron chi connectivity index (χ2n) is 7.31. The van der Waals surface area contributed by atoms with E-state index in [1.807, 2.05) is 0 Å². The van der Waals surface area contributed by atoms with E-state index in [2.05, 4.69) is 65.1 Å². The first-order valence-electron chi connectivity index (χ1n) is 7.20. The Morgan fingerprint density at radius 2 is 1.63 bits per heavy atom. The molecule has 1 heterocycles. The van der Waals surface area contributed by atoms with Crippen molar-refractivity contribution < 1.29 is 4.74 Å². The molecule has 2 rings (SSSR count). The van der Waals surface area contributed by atoms with E-state index in [9.17, 15) is 0 Å². The number of ether oxygens (including phenoxy) is 1. The largest absolute Gasteiger partial charge is 0.490 e. The van der Waals surface area contributed by atoms with Crippen LogP contribution in [0.1, 0.15) is 51.7 Å². The zero-order valence-corrected chi connectivity index (χ0v) is 13.1. The number of benzene rings is 1. The first-order valence-corrected chi connectivity index (χ1v) is 7.20. The third kappa shape index (κ3) is 3.73. The van der Waals surface area contributed by atoms with Crippen LogP contribution < -0.4 is 10.1 Å². The van der Waals surface area contributed by atoms with Crippen molar-refractivity contribution in [1.82, 2.24) is 5.32 Å². The van der Waals surface area contributed by atoms with Crippen LogP contribution in [-0.4, -0.2) is 17.2 Å². The van der Waals surface area contributed by atoms with E-state index in [-0.39, 0.29) is 17.2 Å². The summed E-state index contributed by atoms with van der Waals surface area (Å²) in [6, 6.07) is 6.43. The van der Waals surface area contributed by atoms with E-state index in [0.717, 1.165) is 18.6 Å². The Bertz CT molecular complexity index is 446. The first kappa shape index (κ1) is 14.4. The minimum Gasteiger partial charge on any atom is -0.490 e. The molecule has 2 heteroatoms. The second-order valence-corrected chi connectivity index (χ2v) is 7.31. The lowest BCUT2D eigenvalue weighted by molar-refractivity contribution is 0.0554. The average molecular weight is 261 g/mol. The van der Waals surface area contributed by atoms with Gasteiger partial charge in [-0.1, -0.05) is 12.1 Å². The van der Waals surface area contributed by atoms with Crippen molar-refractivity contribution >= 4 is 0 Å². The van der Waals surface area contributed by atoms with E-state index in [0.29, 0.717) is 0 Å². The number of piperidine rings is 1. The molecule has 0 bridgehead atoms. The molecular weight excluding hydrogens is 234 g/mol. The fourth-order valence-electron chi connectivity index (χ4n) is 3.33. The lowest BCUT2D eigenvalue weighted by atomic mass is 9.81. The molecule has 0 aliphatic carbocycles. The van der Waals surface area contributed by atoms with Gasteiger partial charge in [-0.05, 0) is 58.7 Å². The van der Waals surface area contributed by atoms with E-state index in [1.54, 1.807) is 0 Å². The molecule has 1 aliphatic heterocycles. The highest BCUT2D eigenvalue weighted by molar-refractivity contribution is 5.36. The summed E-state index contributed by atoms with van der Waals surface area (Å²) in [6.07, 6.45) is 2.37. The zero-order chi connectivity index (χ0) is 14.3. The second kappa shape index (κ2) is 4.82. The fraction of sp³-hybridized carbons (Fsp3) is 0.647. The van der Waals surface area contributed by atoms with Gasteiger partial charge in [-0.3, -0.25) is 0 Å². The van der Waals surface area contributed by atoms with Crippen molar-refractivity contribution in [3.8, 4) is 5.75 Å². The summed E-state index contributed by atoms with van der Waals surface area (Å²) in [6.45, 7) is 13.3. The van der Waals surface area contributed by atoms with Crippen LogP contribution >= 0.6 is 0 Å². The van der Waals surface area contributed by atoms with Gasteiger partial charge in [0, 0.05) is 23.9 Å². The summed E-state index contributed by atoms with van der Waals surface area (Å²) in [5, 5.41) is 3.69. The molecule has 0 unspecified atom stereocenters. The maximum absolute atomic E-state index is 6.30. The van der Waals surface area contributed by atoms with Gasteiger partial charge in [-0.25, -0.2) is 0 Å². The van der Waals surface area contributed by atoms with Gasteiger partial charge in [0.2, 0.25) is 0 Å². The number of nitrogens with one attached hydrogen (secondary N) is 1. The lowest BCUT2D eigenvalue weighted by Crippen LogP contribution is -2.60. The van der Waals surface area contributed by atoms with Crippen LogP contribution in [0.4, 0.5) is 0 Å². The van der Waals surface area contributed by atoms with Gasteiger partial charge in [0.05, 0.1) is 0 Å². The van der Waals surface area contributed by atoms with Gasteiger partial charge in [0.15, 0.2) is 0 Å². The Labute approximate surface area is 117 Å². The Kier molecular flexibility index (Phi) is 3.65. The predicted octanol–water partition coefficient (Wildman–Crippen LogP) is 3.99. The van der Waals surface area contributed by atoms with Crippen molar-refractivity contribution in [1.29, 1.82) is 0 Å². The standard InChI is InChI=1S/C17H27NO/c1-12-7-8-13(2)15(9-12)19-14-10-16(3,4)18-17(5,6)11-14/h7-9,14,18H,10-11H2,1-6H3. The minimum absolute atomic E-state index is 0.129. The van der Waals surface area contributed by atoms with Gasteiger partial charge >= 0.3 is 0 Å². The molecule has 19 heavy (non-hydrogen) atoms. The van der Waals surface area contributed by atoms with E-state index in [1.165, 1.54) is 11.1 Å². The van der Waals surface area contributed by atoms with Crippen LogP contribution in [0, 0.1) is 13.8 Å². The minimum atomic E-state index is 0.129. The van der Waals surface area contributed by atoms with Crippen LogP contribution in [0.3, 0.4) is 0 Å². The van der Waals surface area contributed by atoms with Gasteiger partial charge in [0.1, 0.15) is 11.9 Å². The quantitative estimate of drug-likeness (QED) is 0.869. The SMILES string of the molecule is Cc1ccc(C)c(OC2CC(C)(C)NC(C)(C)C2)c1. The molecule has 0 amide bonds. The molecule has 0 spiro atoms. The monoisotopic (exact) mass is 261 g/mol. The molecular formula is C17H27NO. The van der Waals surface area contributed by atoms with Gasteiger partial charge in [-0.15, -0.1) is 0 Å². The van der Waals surface area contributed by atoms with Crippen LogP contribution in [0.5, 0.6) is 5.75 Å². The number of hydrogen-bond acceptors (Lipinski definition) is 2. The molecule has 0 saturated carbocycles. The normalized spacial score (nSPS) is 22.2. The smallest absolute Gasteiger partial charge is 0.122 e. The third-order valence-electron chi connectivity index (χ3n) is 3.79. The number of aryl methyl sites for hydroxylation is 2. The molecule has 1 aliphatic rings. The molecule has 1 N–H and O–H groups in total. The average Bonchev–Trinajstić information content (AvgIpc) is 2.18. The Hall–Kier alpha value is -1.02. The third-order valence-corrected chi connectivity index (χ3v) is 3.79. The molecule has 1 aromatic carbocycles. The number of hydrogen-bond donors (Lipinski definition) is 1. The summed E-state index contributed by atoms with van der Waals surface area (Å²) in [4.78, 5) is 0. The highest BCUT2D eigenvalue weighted by atomic mass is 16.5. The fourth-order valence-corrected chi connectivity index (χ4v) is 3.33. The summed E-state index contributed by atoms with van der Waals surface area (Å²) in [7, 11) is 0. The lowest BCUT2D eigenvalue weighted by Gasteiger charge is -2.46. The summed E-state index contributed by atoms with van der Waals surface area (Å²) in [5.74, 6) is 1.04. The maximum atomic E-state index is 6.30. The first-order chi connectivity index (χ1) is 8.67. The van der Waals surface area contributed by atoms with Crippen molar-refractivity contribution in [2.75, 3.05) is 0 Å². The highest BCUT2D eigenvalue weighted by Gasteiger charge is 2.38. The van der Waals surface area contributed by atoms with E-state index >= 15 is 0 Å². The molecule has 1 saturated heterocycles. The van der Waals surface area contributed by atoms with Crippen molar-refractivity contribution in [3.05, 3.63) is 29.3 Å². The predicted molar refractivity (Wildman–Crippen MR) is 80.9 cm³/mol. The van der Waals surface area contributed by atoms with E-state index < -0.39 is 0 Å². The van der Waals surface area contributed by atoms with Crippen LogP contribution in [0.25, 0.3) is 0 Å². The summed E-state index contributed by atoms with van der Waals surface area (Å²) >= 11 is 0. The molecule has 2 nitrogen and oxygen atoms in total. The van der Waals surface area contributed by atoms with Crippen molar-refractivity contribution in [2.24, 2.45) is 0 Å². The Morgan fingerprint density at radius 1 is 1.05 bits per heavy atom. The summed E-state index contributed by atoms with van der Waals surface area (Å²) < 4.78 is 6.30. The molecule has 106 valence electrons. The molecule has 1 fully saturated rings. The van der Waals surface area contributed by atoms with Gasteiger partial charge < -0.3 is 10.1 Å². The van der Waals surface area contributed by atoms with Crippen molar-refractivity contribution in [2.45, 2.75) is 71.6 Å². The highest BCUT2D eigenvalue weighted by Crippen LogP contribution is 2.32. The molecule has 0 radical (unpaired) electrons.